The van der Waals surface area contributed by atoms with Crippen molar-refractivity contribution < 1.29 is 4.79 Å². The molecule has 0 aliphatic heterocycles. The highest BCUT2D eigenvalue weighted by molar-refractivity contribution is 7.98. The lowest BCUT2D eigenvalue weighted by Gasteiger charge is -2.04. The van der Waals surface area contributed by atoms with Crippen LogP contribution >= 0.6 is 11.8 Å². The monoisotopic (exact) mass is 226 g/mol. The number of hydrogen-bond donors (Lipinski definition) is 0. The third kappa shape index (κ3) is 2.62. The van der Waals surface area contributed by atoms with E-state index in [2.05, 4.69) is 18.3 Å². The molecule has 0 N–H and O–H groups in total. The zero-order valence-corrected chi connectivity index (χ0v) is 10.4. The van der Waals surface area contributed by atoms with Crippen molar-refractivity contribution in [3.05, 3.63) is 17.0 Å². The molecule has 0 saturated heterocycles. The SMILES string of the molecule is CCc1nn(CCSC)c(CC)c1C=O. The predicted molar refractivity (Wildman–Crippen MR) is 64.8 cm³/mol. The number of hydrogen-bond acceptors (Lipinski definition) is 3. The molecule has 15 heavy (non-hydrogen) atoms. The van der Waals surface area contributed by atoms with Crippen molar-refractivity contribution >= 4 is 18.0 Å². The molecule has 1 rings (SSSR count). The van der Waals surface area contributed by atoms with E-state index in [4.69, 9.17) is 0 Å². The van der Waals surface area contributed by atoms with Gasteiger partial charge in [-0.2, -0.15) is 16.9 Å². The highest BCUT2D eigenvalue weighted by atomic mass is 32.2. The van der Waals surface area contributed by atoms with Crippen LogP contribution in [0.5, 0.6) is 0 Å². The van der Waals surface area contributed by atoms with Gasteiger partial charge in [0.2, 0.25) is 0 Å². The Morgan fingerprint density at radius 1 is 1.40 bits per heavy atom. The number of carbonyl (C=O) groups is 1. The molecule has 4 heteroatoms. The van der Waals surface area contributed by atoms with Crippen LogP contribution in [0.15, 0.2) is 0 Å². The second-order valence-corrected chi connectivity index (χ2v) is 4.33. The van der Waals surface area contributed by atoms with Crippen molar-refractivity contribution in [3.63, 3.8) is 0 Å². The number of thioether (sulfide) groups is 1. The van der Waals surface area contributed by atoms with Gasteiger partial charge in [-0.05, 0) is 19.1 Å². The van der Waals surface area contributed by atoms with Crippen molar-refractivity contribution in [1.82, 2.24) is 9.78 Å². The van der Waals surface area contributed by atoms with E-state index >= 15 is 0 Å². The molecule has 0 aromatic carbocycles. The summed E-state index contributed by atoms with van der Waals surface area (Å²) in [5.41, 5.74) is 2.82. The molecule has 1 heterocycles. The molecule has 0 atom stereocenters. The molecule has 3 nitrogen and oxygen atoms in total. The fourth-order valence-electron chi connectivity index (χ4n) is 1.70. The fraction of sp³-hybridized carbons (Fsp3) is 0.636. The van der Waals surface area contributed by atoms with E-state index in [9.17, 15) is 4.79 Å². The summed E-state index contributed by atoms with van der Waals surface area (Å²) in [4.78, 5) is 11.0. The highest BCUT2D eigenvalue weighted by Crippen LogP contribution is 2.14. The Bertz CT molecular complexity index is 334. The first-order chi connectivity index (χ1) is 7.28. The topological polar surface area (TPSA) is 34.9 Å². The molecule has 0 amide bonds. The molecule has 0 saturated carbocycles. The molecule has 84 valence electrons. The molecule has 0 unspecified atom stereocenters. The third-order valence-electron chi connectivity index (χ3n) is 2.47. The molecule has 0 spiro atoms. The maximum Gasteiger partial charge on any atom is 0.153 e. The van der Waals surface area contributed by atoms with Crippen LogP contribution in [0.2, 0.25) is 0 Å². The molecule has 0 aliphatic rings. The summed E-state index contributed by atoms with van der Waals surface area (Å²) in [5.74, 6) is 1.04. The number of nitrogens with zero attached hydrogens (tertiary/aromatic N) is 2. The van der Waals surface area contributed by atoms with Crippen molar-refractivity contribution in [1.29, 1.82) is 0 Å². The largest absolute Gasteiger partial charge is 0.298 e. The van der Waals surface area contributed by atoms with Gasteiger partial charge >= 0.3 is 0 Å². The summed E-state index contributed by atoms with van der Waals surface area (Å²) >= 11 is 1.80. The average Bonchev–Trinajstić information content (AvgIpc) is 2.62. The molecule has 1 aromatic rings. The Hall–Kier alpha value is -0.770. The van der Waals surface area contributed by atoms with Crippen LogP contribution < -0.4 is 0 Å². The van der Waals surface area contributed by atoms with Gasteiger partial charge in [0.05, 0.1) is 17.8 Å². The summed E-state index contributed by atoms with van der Waals surface area (Å²) < 4.78 is 1.99. The van der Waals surface area contributed by atoms with E-state index < -0.39 is 0 Å². The second kappa shape index (κ2) is 5.95. The number of rotatable bonds is 6. The van der Waals surface area contributed by atoms with Gasteiger partial charge in [-0.15, -0.1) is 0 Å². The van der Waals surface area contributed by atoms with E-state index in [-0.39, 0.29) is 0 Å². The summed E-state index contributed by atoms with van der Waals surface area (Å²) in [6.45, 7) is 5.00. The fourth-order valence-corrected chi connectivity index (χ4v) is 2.05. The first-order valence-electron chi connectivity index (χ1n) is 5.31. The van der Waals surface area contributed by atoms with Crippen LogP contribution in [-0.4, -0.2) is 28.1 Å². The maximum absolute atomic E-state index is 11.0. The highest BCUT2D eigenvalue weighted by Gasteiger charge is 2.13. The standard InChI is InChI=1S/C11H18N2OS/c1-4-10-9(8-14)11(5-2)13(12-10)6-7-15-3/h8H,4-7H2,1-3H3. The van der Waals surface area contributed by atoms with E-state index in [0.29, 0.717) is 0 Å². The normalized spacial score (nSPS) is 10.6. The Labute approximate surface area is 95.2 Å². The summed E-state index contributed by atoms with van der Waals surface area (Å²) in [6.07, 6.45) is 4.72. The van der Waals surface area contributed by atoms with Gasteiger partial charge in [0.1, 0.15) is 0 Å². The van der Waals surface area contributed by atoms with Crippen molar-refractivity contribution in [2.45, 2.75) is 33.2 Å². The summed E-state index contributed by atoms with van der Waals surface area (Å²) in [7, 11) is 0. The first kappa shape index (κ1) is 12.3. The number of aryl methyl sites for hydroxylation is 2. The van der Waals surface area contributed by atoms with Gasteiger partial charge in [-0.3, -0.25) is 9.48 Å². The van der Waals surface area contributed by atoms with Gasteiger partial charge in [-0.25, -0.2) is 0 Å². The van der Waals surface area contributed by atoms with Crippen LogP contribution in [0.3, 0.4) is 0 Å². The van der Waals surface area contributed by atoms with E-state index in [0.717, 1.165) is 48.4 Å². The number of aromatic nitrogens is 2. The van der Waals surface area contributed by atoms with Gasteiger partial charge in [0, 0.05) is 11.4 Å². The minimum absolute atomic E-state index is 0.807. The van der Waals surface area contributed by atoms with Crippen molar-refractivity contribution in [3.8, 4) is 0 Å². The van der Waals surface area contributed by atoms with Crippen molar-refractivity contribution in [2.24, 2.45) is 0 Å². The van der Waals surface area contributed by atoms with E-state index in [1.807, 2.05) is 11.6 Å². The lowest BCUT2D eigenvalue weighted by atomic mass is 10.1. The Balaban J connectivity index is 3.03. The van der Waals surface area contributed by atoms with Crippen molar-refractivity contribution in [2.75, 3.05) is 12.0 Å². The minimum atomic E-state index is 0.807. The summed E-state index contributed by atoms with van der Waals surface area (Å²) in [5, 5.41) is 4.48. The Morgan fingerprint density at radius 3 is 2.60 bits per heavy atom. The predicted octanol–water partition coefficient (Wildman–Crippen LogP) is 2.18. The third-order valence-corrected chi connectivity index (χ3v) is 3.06. The van der Waals surface area contributed by atoms with Crippen LogP contribution in [0.1, 0.15) is 35.6 Å². The van der Waals surface area contributed by atoms with E-state index in [1.165, 1.54) is 0 Å². The Morgan fingerprint density at radius 2 is 2.13 bits per heavy atom. The van der Waals surface area contributed by atoms with E-state index in [1.54, 1.807) is 11.8 Å². The quantitative estimate of drug-likeness (QED) is 0.697. The minimum Gasteiger partial charge on any atom is -0.298 e. The number of carbonyl (C=O) groups excluding carboxylic acids is 1. The maximum atomic E-state index is 11.0. The zero-order valence-electron chi connectivity index (χ0n) is 9.62. The lowest BCUT2D eigenvalue weighted by molar-refractivity contribution is 0.112. The molecule has 0 fully saturated rings. The van der Waals surface area contributed by atoms with Crippen LogP contribution in [-0.2, 0) is 19.4 Å². The smallest absolute Gasteiger partial charge is 0.153 e. The van der Waals surface area contributed by atoms with Gasteiger partial charge in [0.25, 0.3) is 0 Å². The first-order valence-corrected chi connectivity index (χ1v) is 6.70. The average molecular weight is 226 g/mol. The van der Waals surface area contributed by atoms with Crippen LogP contribution in [0.4, 0.5) is 0 Å². The molecular weight excluding hydrogens is 208 g/mol. The van der Waals surface area contributed by atoms with Gasteiger partial charge < -0.3 is 0 Å². The Kier molecular flexibility index (Phi) is 4.88. The van der Waals surface area contributed by atoms with Crippen LogP contribution in [0.25, 0.3) is 0 Å². The molecular formula is C11H18N2OS. The zero-order chi connectivity index (χ0) is 11.3. The second-order valence-electron chi connectivity index (χ2n) is 3.35. The van der Waals surface area contributed by atoms with Crippen LogP contribution in [0, 0.1) is 0 Å². The summed E-state index contributed by atoms with van der Waals surface area (Å²) in [6, 6.07) is 0. The molecule has 0 bridgehead atoms. The van der Waals surface area contributed by atoms with Gasteiger partial charge in [0.15, 0.2) is 6.29 Å². The van der Waals surface area contributed by atoms with Gasteiger partial charge in [-0.1, -0.05) is 13.8 Å². The number of aldehydes is 1. The molecule has 0 radical (unpaired) electrons. The lowest BCUT2D eigenvalue weighted by Crippen LogP contribution is -2.07. The molecule has 0 aliphatic carbocycles. The molecule has 1 aromatic heterocycles.